The van der Waals surface area contributed by atoms with Gasteiger partial charge in [0.15, 0.2) is 0 Å². The van der Waals surface area contributed by atoms with Crippen molar-refractivity contribution < 1.29 is 9.90 Å². The highest BCUT2D eigenvalue weighted by atomic mass is 32.1. The van der Waals surface area contributed by atoms with Gasteiger partial charge in [0.2, 0.25) is 5.01 Å². The molecule has 2 aromatic rings. The van der Waals surface area contributed by atoms with Gasteiger partial charge in [0.25, 0.3) is 5.56 Å². The summed E-state index contributed by atoms with van der Waals surface area (Å²) < 4.78 is 1.47. The number of pyridine rings is 1. The van der Waals surface area contributed by atoms with E-state index in [2.05, 4.69) is 4.98 Å². The Kier molecular flexibility index (Phi) is 2.82. The number of aromatic carboxylic acids is 1. The molecule has 16 heavy (non-hydrogen) atoms. The van der Waals surface area contributed by atoms with Gasteiger partial charge in [-0.15, -0.1) is 11.3 Å². The minimum absolute atomic E-state index is 0.0407. The molecule has 0 bridgehead atoms. The van der Waals surface area contributed by atoms with E-state index in [9.17, 15) is 9.59 Å². The van der Waals surface area contributed by atoms with Gasteiger partial charge in [0.05, 0.1) is 12.2 Å². The number of hydrogen-bond acceptors (Lipinski definition) is 4. The van der Waals surface area contributed by atoms with Crippen LogP contribution in [-0.4, -0.2) is 20.6 Å². The molecule has 0 aliphatic carbocycles. The fourth-order valence-corrected chi connectivity index (χ4v) is 1.89. The third-order valence-electron chi connectivity index (χ3n) is 1.97. The van der Waals surface area contributed by atoms with Gasteiger partial charge < -0.3 is 9.67 Å². The summed E-state index contributed by atoms with van der Waals surface area (Å²) in [7, 11) is 0. The first-order valence-corrected chi connectivity index (χ1v) is 5.38. The first-order chi connectivity index (χ1) is 7.66. The van der Waals surface area contributed by atoms with Crippen LogP contribution in [0.4, 0.5) is 0 Å². The van der Waals surface area contributed by atoms with Gasteiger partial charge in [-0.2, -0.15) is 0 Å². The lowest BCUT2D eigenvalue weighted by Crippen LogP contribution is -2.18. The monoisotopic (exact) mass is 236 g/mol. The van der Waals surface area contributed by atoms with Crippen molar-refractivity contribution in [3.05, 3.63) is 50.8 Å². The van der Waals surface area contributed by atoms with Crippen molar-refractivity contribution in [2.45, 2.75) is 6.54 Å². The molecule has 6 heteroatoms. The summed E-state index contributed by atoms with van der Waals surface area (Å²) in [5.41, 5.74) is 0.447. The highest BCUT2D eigenvalue weighted by Crippen LogP contribution is 2.10. The fourth-order valence-electron chi connectivity index (χ4n) is 1.24. The Morgan fingerprint density at radius 2 is 2.31 bits per heavy atom. The van der Waals surface area contributed by atoms with Crippen LogP contribution in [0.1, 0.15) is 15.5 Å². The van der Waals surface area contributed by atoms with Crippen molar-refractivity contribution in [1.29, 1.82) is 0 Å². The molecule has 2 heterocycles. The van der Waals surface area contributed by atoms with Gasteiger partial charge in [-0.1, -0.05) is 6.07 Å². The van der Waals surface area contributed by atoms with Crippen molar-refractivity contribution in [2.24, 2.45) is 0 Å². The van der Waals surface area contributed by atoms with Crippen molar-refractivity contribution in [3.8, 4) is 0 Å². The molecule has 0 aliphatic rings. The van der Waals surface area contributed by atoms with Gasteiger partial charge in [-0.05, 0) is 6.07 Å². The molecule has 0 saturated carbocycles. The zero-order valence-electron chi connectivity index (χ0n) is 8.16. The van der Waals surface area contributed by atoms with E-state index in [1.165, 1.54) is 10.6 Å². The van der Waals surface area contributed by atoms with E-state index in [0.29, 0.717) is 12.2 Å². The van der Waals surface area contributed by atoms with Crippen LogP contribution < -0.4 is 5.56 Å². The van der Waals surface area contributed by atoms with Crippen LogP contribution in [0.25, 0.3) is 0 Å². The summed E-state index contributed by atoms with van der Waals surface area (Å²) >= 11 is 1.06. The standard InChI is InChI=1S/C10H8N2O3S/c13-8-3-1-2-4-12(8)5-7-6-16-9(11-7)10(14)15/h1-4,6H,5H2,(H,14,15). The van der Waals surface area contributed by atoms with Crippen LogP contribution in [0.5, 0.6) is 0 Å². The number of carboxylic acid groups (broad SMARTS) is 1. The average Bonchev–Trinajstić information content (AvgIpc) is 2.70. The number of carbonyl (C=O) groups is 1. The van der Waals surface area contributed by atoms with Crippen molar-refractivity contribution in [3.63, 3.8) is 0 Å². The summed E-state index contributed by atoms with van der Waals surface area (Å²) in [6.45, 7) is 0.295. The largest absolute Gasteiger partial charge is 0.476 e. The number of hydrogen-bond donors (Lipinski definition) is 1. The van der Waals surface area contributed by atoms with Crippen LogP contribution in [0.3, 0.4) is 0 Å². The second kappa shape index (κ2) is 4.28. The van der Waals surface area contributed by atoms with E-state index in [1.54, 1.807) is 23.7 Å². The van der Waals surface area contributed by atoms with E-state index >= 15 is 0 Å². The molecule has 2 rings (SSSR count). The topological polar surface area (TPSA) is 72.2 Å². The van der Waals surface area contributed by atoms with Crippen LogP contribution in [-0.2, 0) is 6.54 Å². The predicted octanol–water partition coefficient (Wildman–Crippen LogP) is 1.05. The zero-order chi connectivity index (χ0) is 11.5. The second-order valence-electron chi connectivity index (χ2n) is 3.12. The fraction of sp³-hybridized carbons (Fsp3) is 0.100. The SMILES string of the molecule is O=C(O)c1nc(Cn2ccccc2=O)cs1. The zero-order valence-corrected chi connectivity index (χ0v) is 8.98. The summed E-state index contributed by atoms with van der Waals surface area (Å²) in [6.07, 6.45) is 1.64. The van der Waals surface area contributed by atoms with Crippen LogP contribution in [0.15, 0.2) is 34.6 Å². The first kappa shape index (κ1) is 10.6. The Hall–Kier alpha value is -1.95. The normalized spacial score (nSPS) is 10.2. The van der Waals surface area contributed by atoms with Crippen molar-refractivity contribution in [1.82, 2.24) is 9.55 Å². The molecule has 0 radical (unpaired) electrons. The molecule has 0 aromatic carbocycles. The molecule has 0 spiro atoms. The Bertz CT molecular complexity index is 573. The number of carboxylic acids is 1. The molecule has 0 unspecified atom stereocenters. The third kappa shape index (κ3) is 2.17. The number of nitrogens with zero attached hydrogens (tertiary/aromatic N) is 2. The first-order valence-electron chi connectivity index (χ1n) is 4.50. The number of thiazole rings is 1. The van der Waals surface area contributed by atoms with Crippen LogP contribution in [0, 0.1) is 0 Å². The van der Waals surface area contributed by atoms with Gasteiger partial charge >= 0.3 is 5.97 Å². The molecule has 1 N–H and O–H groups in total. The van der Waals surface area contributed by atoms with Gasteiger partial charge in [0, 0.05) is 17.6 Å². The maximum atomic E-state index is 11.4. The second-order valence-corrected chi connectivity index (χ2v) is 3.97. The Labute approximate surface area is 94.6 Å². The van der Waals surface area contributed by atoms with Gasteiger partial charge in [-0.25, -0.2) is 9.78 Å². The Balaban J connectivity index is 2.24. The Morgan fingerprint density at radius 1 is 1.50 bits per heavy atom. The molecule has 82 valence electrons. The van der Waals surface area contributed by atoms with E-state index < -0.39 is 5.97 Å². The van der Waals surface area contributed by atoms with Gasteiger partial charge in [-0.3, -0.25) is 4.79 Å². The molecule has 0 fully saturated rings. The predicted molar refractivity (Wildman–Crippen MR) is 58.9 cm³/mol. The summed E-state index contributed by atoms with van der Waals surface area (Å²) in [5.74, 6) is -1.04. The van der Waals surface area contributed by atoms with E-state index in [4.69, 9.17) is 5.11 Å². The molecule has 0 aliphatic heterocycles. The molecule has 0 amide bonds. The quantitative estimate of drug-likeness (QED) is 0.864. The average molecular weight is 236 g/mol. The number of aromatic nitrogens is 2. The lowest BCUT2D eigenvalue weighted by Gasteiger charge is -2.00. The minimum Gasteiger partial charge on any atom is -0.476 e. The Morgan fingerprint density at radius 3 is 2.94 bits per heavy atom. The van der Waals surface area contributed by atoms with E-state index in [1.807, 2.05) is 0 Å². The van der Waals surface area contributed by atoms with Crippen LogP contribution >= 0.6 is 11.3 Å². The smallest absolute Gasteiger partial charge is 0.365 e. The summed E-state index contributed by atoms with van der Waals surface area (Å²) in [6, 6.07) is 4.85. The highest BCUT2D eigenvalue weighted by molar-refractivity contribution is 7.11. The van der Waals surface area contributed by atoms with E-state index in [0.717, 1.165) is 11.3 Å². The summed E-state index contributed by atoms with van der Waals surface area (Å²) in [5, 5.41) is 10.4. The highest BCUT2D eigenvalue weighted by Gasteiger charge is 2.09. The maximum Gasteiger partial charge on any atom is 0.365 e. The third-order valence-corrected chi connectivity index (χ3v) is 2.85. The molecular formula is C10H8N2O3S. The molecule has 2 aromatic heterocycles. The van der Waals surface area contributed by atoms with Crippen molar-refractivity contribution in [2.75, 3.05) is 0 Å². The lowest BCUT2D eigenvalue weighted by atomic mass is 10.4. The maximum absolute atomic E-state index is 11.4. The number of rotatable bonds is 3. The molecule has 0 saturated heterocycles. The summed E-state index contributed by atoms with van der Waals surface area (Å²) in [4.78, 5) is 25.9. The lowest BCUT2D eigenvalue weighted by molar-refractivity contribution is 0.0696. The van der Waals surface area contributed by atoms with Gasteiger partial charge in [0.1, 0.15) is 0 Å². The van der Waals surface area contributed by atoms with E-state index in [-0.39, 0.29) is 10.6 Å². The molecule has 0 atom stereocenters. The minimum atomic E-state index is -1.04. The van der Waals surface area contributed by atoms with Crippen LogP contribution in [0.2, 0.25) is 0 Å². The van der Waals surface area contributed by atoms with Crippen molar-refractivity contribution >= 4 is 17.3 Å². The molecule has 5 nitrogen and oxygen atoms in total. The molecular weight excluding hydrogens is 228 g/mol.